The number of nitrogens with zero attached hydrogens (tertiary/aromatic N) is 5. The first-order chi connectivity index (χ1) is 15.9. The Morgan fingerprint density at radius 3 is 2.76 bits per heavy atom. The van der Waals surface area contributed by atoms with E-state index in [4.69, 9.17) is 23.1 Å². The van der Waals surface area contributed by atoms with Crippen molar-refractivity contribution in [2.75, 3.05) is 23.7 Å². The summed E-state index contributed by atoms with van der Waals surface area (Å²) in [5, 5.41) is 0.790. The van der Waals surface area contributed by atoms with E-state index in [2.05, 4.69) is 25.9 Å². The molecule has 1 aromatic carbocycles. The zero-order valence-electron chi connectivity index (χ0n) is 18.5. The number of ketones is 1. The molecule has 2 aromatic heterocycles. The number of anilines is 2. The van der Waals surface area contributed by atoms with Gasteiger partial charge < -0.3 is 20.9 Å². The van der Waals surface area contributed by atoms with Crippen molar-refractivity contribution in [3.63, 3.8) is 0 Å². The minimum Gasteiger partial charge on any atom is -0.382 e. The van der Waals surface area contributed by atoms with Crippen molar-refractivity contribution in [2.45, 2.75) is 56.5 Å². The lowest BCUT2D eigenvalue weighted by Gasteiger charge is -2.27. The van der Waals surface area contributed by atoms with Gasteiger partial charge in [-0.05, 0) is 61.6 Å². The molecule has 6 rings (SSSR count). The molecule has 3 fully saturated rings. The fourth-order valence-corrected chi connectivity index (χ4v) is 5.47. The average Bonchev–Trinajstić information content (AvgIpc) is 3.71. The maximum absolute atomic E-state index is 12.9. The smallest absolute Gasteiger partial charge is 0.165 e. The number of halogens is 1. The first-order valence-electron chi connectivity index (χ1n) is 11.7. The summed E-state index contributed by atoms with van der Waals surface area (Å²) in [5.74, 6) is 1.58. The first-order valence-corrected chi connectivity index (χ1v) is 12.1. The predicted octanol–water partition coefficient (Wildman–Crippen LogP) is 3.26. The molecule has 2 saturated carbocycles. The van der Waals surface area contributed by atoms with Crippen LogP contribution in [0.2, 0.25) is 5.02 Å². The highest BCUT2D eigenvalue weighted by molar-refractivity contribution is 6.31. The quantitative estimate of drug-likeness (QED) is 0.550. The van der Waals surface area contributed by atoms with Crippen molar-refractivity contribution in [2.24, 2.45) is 11.7 Å². The van der Waals surface area contributed by atoms with Crippen LogP contribution in [0.25, 0.3) is 11.2 Å². The van der Waals surface area contributed by atoms with Crippen molar-refractivity contribution < 1.29 is 4.79 Å². The maximum atomic E-state index is 12.9. The van der Waals surface area contributed by atoms with E-state index in [1.54, 1.807) is 6.33 Å². The Morgan fingerprint density at radius 2 is 2.00 bits per heavy atom. The zero-order valence-corrected chi connectivity index (χ0v) is 19.3. The number of hydrogen-bond donors (Lipinski definition) is 2. The van der Waals surface area contributed by atoms with Crippen LogP contribution in [0.3, 0.4) is 0 Å². The Bertz CT molecular complexity index is 1250. The Kier molecular flexibility index (Phi) is 4.85. The van der Waals surface area contributed by atoms with Gasteiger partial charge in [-0.1, -0.05) is 11.6 Å². The Morgan fingerprint density at radius 1 is 1.18 bits per heavy atom. The second kappa shape index (κ2) is 7.67. The second-order valence-corrected chi connectivity index (χ2v) is 10.3. The molecule has 33 heavy (non-hydrogen) atoms. The normalized spacial score (nSPS) is 22.9. The molecule has 3 heterocycles. The topological polar surface area (TPSA) is 116 Å². The largest absolute Gasteiger partial charge is 0.382 e. The number of nitrogen functional groups attached to an aromatic ring is 1. The minimum absolute atomic E-state index is 0.207. The zero-order chi connectivity index (χ0) is 22.7. The summed E-state index contributed by atoms with van der Waals surface area (Å²) in [6.07, 6.45) is 9.10. The fraction of sp³-hybridized carbons (Fsp3) is 0.500. The van der Waals surface area contributed by atoms with Crippen LogP contribution in [-0.4, -0.2) is 43.9 Å². The molecule has 0 radical (unpaired) electrons. The lowest BCUT2D eigenvalue weighted by molar-refractivity contribution is -0.123. The molecular formula is C24H28ClN7O. The molecule has 0 spiro atoms. The first kappa shape index (κ1) is 20.9. The van der Waals surface area contributed by atoms with Crippen LogP contribution >= 0.6 is 11.6 Å². The number of hydrogen-bond acceptors (Lipinski definition) is 7. The molecule has 1 atom stereocenters. The number of aromatic nitrogens is 4. The summed E-state index contributed by atoms with van der Waals surface area (Å²) < 4.78 is 2.00. The van der Waals surface area contributed by atoms with Gasteiger partial charge in [0, 0.05) is 35.8 Å². The number of imidazole rings is 1. The number of carbonyl (C=O) groups is 1. The number of rotatable bonds is 7. The molecule has 0 bridgehead atoms. The summed E-state index contributed by atoms with van der Waals surface area (Å²) in [5.41, 5.74) is 16.6. The van der Waals surface area contributed by atoms with Crippen LogP contribution in [-0.2, 0) is 11.3 Å². The second-order valence-electron chi connectivity index (χ2n) is 9.93. The van der Waals surface area contributed by atoms with Crippen LogP contribution < -0.4 is 16.4 Å². The van der Waals surface area contributed by atoms with Gasteiger partial charge in [0.2, 0.25) is 0 Å². The van der Waals surface area contributed by atoms with E-state index in [0.717, 1.165) is 48.5 Å². The highest BCUT2D eigenvalue weighted by Gasteiger charge is 2.43. The van der Waals surface area contributed by atoms with Gasteiger partial charge in [0.15, 0.2) is 17.2 Å². The molecule has 1 aliphatic heterocycles. The number of benzene rings is 1. The standard InChI is InChI=1S/C24H28ClN7O/c25-17-5-6-18(31-8-7-24(27,11-31)19(33)9-14-1-2-14)16(20(17)15-3-4-15)10-32-13-30-21-22(26)28-12-29-23(21)32/h5-6,12-15H,1-4,7-11,27H2,(H2,26,28,29)/t24-/m1/s1. The van der Waals surface area contributed by atoms with Crippen LogP contribution in [0.4, 0.5) is 11.5 Å². The van der Waals surface area contributed by atoms with Gasteiger partial charge in [0.05, 0.1) is 18.4 Å². The Hall–Kier alpha value is -2.71. The summed E-state index contributed by atoms with van der Waals surface area (Å²) in [4.78, 5) is 28.1. The van der Waals surface area contributed by atoms with E-state index in [0.29, 0.717) is 54.7 Å². The lowest BCUT2D eigenvalue weighted by Crippen LogP contribution is -2.50. The third-order valence-corrected chi connectivity index (χ3v) is 7.72. The lowest BCUT2D eigenvalue weighted by atomic mass is 9.91. The van der Waals surface area contributed by atoms with Crippen LogP contribution in [0.15, 0.2) is 24.8 Å². The molecule has 3 aliphatic rings. The average molecular weight is 466 g/mol. The van der Waals surface area contributed by atoms with Gasteiger partial charge in [0.1, 0.15) is 11.8 Å². The van der Waals surface area contributed by atoms with E-state index in [1.165, 1.54) is 11.9 Å². The van der Waals surface area contributed by atoms with E-state index in [1.807, 2.05) is 10.6 Å². The van der Waals surface area contributed by atoms with Gasteiger partial charge in [-0.15, -0.1) is 0 Å². The Labute approximate surface area is 197 Å². The third-order valence-electron chi connectivity index (χ3n) is 7.39. The van der Waals surface area contributed by atoms with Crippen molar-refractivity contribution >= 4 is 40.1 Å². The van der Waals surface area contributed by atoms with Gasteiger partial charge in [-0.25, -0.2) is 15.0 Å². The number of fused-ring (bicyclic) bond motifs is 1. The van der Waals surface area contributed by atoms with Gasteiger partial charge in [-0.2, -0.15) is 0 Å². The van der Waals surface area contributed by atoms with Crippen molar-refractivity contribution in [1.29, 1.82) is 0 Å². The minimum atomic E-state index is -0.775. The molecule has 172 valence electrons. The highest BCUT2D eigenvalue weighted by atomic mass is 35.5. The van der Waals surface area contributed by atoms with Gasteiger partial charge >= 0.3 is 0 Å². The van der Waals surface area contributed by atoms with Crippen LogP contribution in [0.1, 0.15) is 55.6 Å². The number of Topliss-reactive ketones (excluding diaryl/α,β-unsaturated/α-hetero) is 1. The van der Waals surface area contributed by atoms with Crippen LogP contribution in [0, 0.1) is 5.92 Å². The van der Waals surface area contributed by atoms with Gasteiger partial charge in [-0.3, -0.25) is 4.79 Å². The summed E-state index contributed by atoms with van der Waals surface area (Å²) in [6, 6.07) is 4.06. The fourth-order valence-electron chi connectivity index (χ4n) is 5.14. The maximum Gasteiger partial charge on any atom is 0.165 e. The molecule has 4 N–H and O–H groups in total. The van der Waals surface area contributed by atoms with E-state index in [9.17, 15) is 4.79 Å². The summed E-state index contributed by atoms with van der Waals surface area (Å²) >= 11 is 6.73. The van der Waals surface area contributed by atoms with Crippen molar-refractivity contribution in [3.8, 4) is 0 Å². The van der Waals surface area contributed by atoms with Crippen molar-refractivity contribution in [1.82, 2.24) is 19.5 Å². The van der Waals surface area contributed by atoms with E-state index in [-0.39, 0.29) is 5.78 Å². The third kappa shape index (κ3) is 3.75. The monoisotopic (exact) mass is 465 g/mol. The molecular weight excluding hydrogens is 438 g/mol. The van der Waals surface area contributed by atoms with Crippen LogP contribution in [0.5, 0.6) is 0 Å². The number of carbonyl (C=O) groups excluding carboxylic acids is 1. The van der Waals surface area contributed by atoms with Gasteiger partial charge in [0.25, 0.3) is 0 Å². The Balaban J connectivity index is 1.37. The number of nitrogens with two attached hydrogens (primary N) is 2. The van der Waals surface area contributed by atoms with Crippen molar-refractivity contribution in [3.05, 3.63) is 40.9 Å². The SMILES string of the molecule is Nc1ncnc2c1ncn2Cc1c(N2CC[C@](N)(C(=O)CC3CC3)C2)ccc(Cl)c1C1CC1. The molecule has 8 nitrogen and oxygen atoms in total. The molecule has 9 heteroatoms. The summed E-state index contributed by atoms with van der Waals surface area (Å²) in [6.45, 7) is 1.86. The highest BCUT2D eigenvalue weighted by Crippen LogP contribution is 2.48. The predicted molar refractivity (Wildman–Crippen MR) is 128 cm³/mol. The van der Waals surface area contributed by atoms with E-state index >= 15 is 0 Å². The van der Waals surface area contributed by atoms with E-state index < -0.39 is 5.54 Å². The molecule has 0 amide bonds. The summed E-state index contributed by atoms with van der Waals surface area (Å²) in [7, 11) is 0. The molecule has 2 aliphatic carbocycles. The molecule has 1 saturated heterocycles. The molecule has 3 aromatic rings. The molecule has 0 unspecified atom stereocenters.